The van der Waals surface area contributed by atoms with Crippen LogP contribution in [0, 0.1) is 6.92 Å². The molecule has 0 saturated heterocycles. The summed E-state index contributed by atoms with van der Waals surface area (Å²) in [6.07, 6.45) is 2.61. The minimum Gasteiger partial charge on any atom is -0.339 e. The molecule has 1 aliphatic heterocycles. The number of hydrogen-bond donors (Lipinski definition) is 3. The number of nitrogens with one attached hydrogen (secondary N) is 3. The molecule has 1 aromatic heterocycles. The molecule has 3 aromatic rings. The highest BCUT2D eigenvalue weighted by Gasteiger charge is 2.21. The van der Waals surface area contributed by atoms with Crippen molar-refractivity contribution in [2.24, 2.45) is 0 Å². The molecule has 3 N–H and O–H groups in total. The number of amides is 1. The van der Waals surface area contributed by atoms with E-state index in [2.05, 4.69) is 25.3 Å². The Balaban J connectivity index is 1.57. The fourth-order valence-electron chi connectivity index (χ4n) is 3.86. The normalized spacial score (nSPS) is 13.7. The number of carbonyl (C=O) groups excluding carboxylic acids is 1. The fraction of sp³-hybridized carbons (Fsp3) is 0.292. The highest BCUT2D eigenvalue weighted by atomic mass is 35.5. The third-order valence-electron chi connectivity index (χ3n) is 5.55. The van der Waals surface area contributed by atoms with Gasteiger partial charge in [0.2, 0.25) is 21.9 Å². The van der Waals surface area contributed by atoms with E-state index in [1.807, 2.05) is 18.2 Å². The number of hydrogen-bond acceptors (Lipinski definition) is 7. The van der Waals surface area contributed by atoms with E-state index >= 15 is 0 Å². The van der Waals surface area contributed by atoms with Crippen LogP contribution < -0.4 is 20.3 Å². The molecule has 0 aliphatic carbocycles. The van der Waals surface area contributed by atoms with Crippen molar-refractivity contribution in [1.82, 2.24) is 14.7 Å². The number of benzene rings is 2. The molecule has 0 unspecified atom stereocenters. The molecule has 2 heterocycles. The van der Waals surface area contributed by atoms with E-state index in [0.29, 0.717) is 34.9 Å². The molecule has 35 heavy (non-hydrogen) atoms. The molecule has 1 amide bonds. The molecule has 1 aliphatic rings. The summed E-state index contributed by atoms with van der Waals surface area (Å²) in [6, 6.07) is 10.5. The maximum Gasteiger partial charge on any atom is 0.241 e. The summed E-state index contributed by atoms with van der Waals surface area (Å²) in [4.78, 5) is 22.5. The SMILES string of the molecule is Cc1ccc(Nc2ncc(Cl)c(Nc3ccc4c(c3)CCC(=O)N4C)n2)cc1S(=O)(=O)NC(C)C. The Labute approximate surface area is 210 Å². The van der Waals surface area contributed by atoms with Crippen LogP contribution in [0.4, 0.5) is 28.8 Å². The third-order valence-corrected chi connectivity index (χ3v) is 7.63. The molecule has 9 nitrogen and oxygen atoms in total. The highest BCUT2D eigenvalue weighted by Crippen LogP contribution is 2.32. The molecule has 0 spiro atoms. The van der Waals surface area contributed by atoms with Crippen molar-refractivity contribution in [2.45, 2.75) is 44.6 Å². The number of aromatic nitrogens is 2. The van der Waals surface area contributed by atoms with Gasteiger partial charge in [-0.3, -0.25) is 4.79 Å². The van der Waals surface area contributed by atoms with Crippen molar-refractivity contribution in [2.75, 3.05) is 22.6 Å². The monoisotopic (exact) mass is 514 g/mol. The van der Waals surface area contributed by atoms with Gasteiger partial charge in [-0.05, 0) is 68.7 Å². The Hall–Kier alpha value is -3.21. The Morgan fingerprint density at radius 2 is 1.77 bits per heavy atom. The smallest absolute Gasteiger partial charge is 0.241 e. The topological polar surface area (TPSA) is 116 Å². The van der Waals surface area contributed by atoms with Crippen LogP contribution in [0.3, 0.4) is 0 Å². The number of aryl methyl sites for hydroxylation is 2. The highest BCUT2D eigenvalue weighted by molar-refractivity contribution is 7.89. The van der Waals surface area contributed by atoms with Gasteiger partial charge in [-0.1, -0.05) is 17.7 Å². The number of carbonyl (C=O) groups is 1. The molecule has 0 atom stereocenters. The lowest BCUT2D eigenvalue weighted by Gasteiger charge is -2.26. The van der Waals surface area contributed by atoms with Crippen LogP contribution in [0.5, 0.6) is 0 Å². The number of sulfonamides is 1. The second-order valence-corrected chi connectivity index (χ2v) is 10.8. The van der Waals surface area contributed by atoms with Crippen molar-refractivity contribution >= 4 is 56.4 Å². The van der Waals surface area contributed by atoms with Gasteiger partial charge >= 0.3 is 0 Å². The van der Waals surface area contributed by atoms with E-state index in [0.717, 1.165) is 16.9 Å². The van der Waals surface area contributed by atoms with Crippen LogP contribution in [0.1, 0.15) is 31.4 Å². The van der Waals surface area contributed by atoms with Gasteiger partial charge in [0.25, 0.3) is 0 Å². The number of rotatable bonds is 7. The van der Waals surface area contributed by atoms with Crippen molar-refractivity contribution in [1.29, 1.82) is 0 Å². The minimum absolute atomic E-state index is 0.0971. The van der Waals surface area contributed by atoms with E-state index in [1.165, 1.54) is 6.20 Å². The molecule has 2 aromatic carbocycles. The van der Waals surface area contributed by atoms with Crippen molar-refractivity contribution in [3.8, 4) is 0 Å². The standard InChI is InChI=1S/C24H27ClN6O3S/c1-14(2)30-35(33,34)21-12-18(7-5-15(21)3)28-24-26-13-19(25)23(29-24)27-17-8-9-20-16(11-17)6-10-22(32)31(20)4/h5,7-9,11-14,30H,6,10H2,1-4H3,(H2,26,27,28,29). The summed E-state index contributed by atoms with van der Waals surface area (Å²) in [5.74, 6) is 0.745. The molecule has 0 saturated carbocycles. The second-order valence-electron chi connectivity index (χ2n) is 8.69. The van der Waals surface area contributed by atoms with Crippen LogP contribution in [0.25, 0.3) is 0 Å². The maximum atomic E-state index is 12.7. The number of halogens is 1. The van der Waals surface area contributed by atoms with Gasteiger partial charge in [0.15, 0.2) is 5.82 Å². The third kappa shape index (κ3) is 5.55. The van der Waals surface area contributed by atoms with Crippen LogP contribution >= 0.6 is 11.6 Å². The zero-order chi connectivity index (χ0) is 25.3. The molecule has 0 radical (unpaired) electrons. The lowest BCUT2D eigenvalue weighted by Crippen LogP contribution is -2.31. The number of nitrogens with zero attached hydrogens (tertiary/aromatic N) is 3. The molecule has 0 bridgehead atoms. The minimum atomic E-state index is -3.66. The first-order valence-electron chi connectivity index (χ1n) is 11.1. The van der Waals surface area contributed by atoms with E-state index < -0.39 is 10.0 Å². The van der Waals surface area contributed by atoms with E-state index in [9.17, 15) is 13.2 Å². The van der Waals surface area contributed by atoms with Gasteiger partial charge in [0, 0.05) is 36.6 Å². The largest absolute Gasteiger partial charge is 0.339 e. The predicted molar refractivity (Wildman–Crippen MR) is 138 cm³/mol. The fourth-order valence-corrected chi connectivity index (χ4v) is 5.52. The Kier molecular flexibility index (Phi) is 6.98. The average molecular weight is 515 g/mol. The quantitative estimate of drug-likeness (QED) is 0.424. The molecule has 11 heteroatoms. The van der Waals surface area contributed by atoms with E-state index in [-0.39, 0.29) is 22.8 Å². The Morgan fingerprint density at radius 1 is 1.06 bits per heavy atom. The first-order valence-corrected chi connectivity index (χ1v) is 13.0. The average Bonchev–Trinajstić information content (AvgIpc) is 2.79. The summed E-state index contributed by atoms with van der Waals surface area (Å²) in [7, 11) is -1.89. The maximum absolute atomic E-state index is 12.7. The summed E-state index contributed by atoms with van der Waals surface area (Å²) < 4.78 is 28.0. The van der Waals surface area contributed by atoms with Gasteiger partial charge in [-0.2, -0.15) is 4.98 Å². The van der Waals surface area contributed by atoms with Crippen molar-refractivity contribution in [3.63, 3.8) is 0 Å². The lowest BCUT2D eigenvalue weighted by atomic mass is 10.0. The Morgan fingerprint density at radius 3 is 2.51 bits per heavy atom. The van der Waals surface area contributed by atoms with E-state index in [1.54, 1.807) is 50.9 Å². The van der Waals surface area contributed by atoms with E-state index in [4.69, 9.17) is 11.6 Å². The summed E-state index contributed by atoms with van der Waals surface area (Å²) in [6.45, 7) is 5.28. The van der Waals surface area contributed by atoms with Crippen LogP contribution in [0.2, 0.25) is 5.02 Å². The lowest BCUT2D eigenvalue weighted by molar-refractivity contribution is -0.118. The number of anilines is 5. The first kappa shape index (κ1) is 24.9. The van der Waals surface area contributed by atoms with Crippen LogP contribution in [-0.2, 0) is 21.2 Å². The molecule has 0 fully saturated rings. The summed E-state index contributed by atoms with van der Waals surface area (Å²) in [5.41, 5.74) is 3.88. The molecular weight excluding hydrogens is 488 g/mol. The van der Waals surface area contributed by atoms with Gasteiger partial charge in [-0.25, -0.2) is 18.1 Å². The summed E-state index contributed by atoms with van der Waals surface area (Å²) >= 11 is 6.33. The van der Waals surface area contributed by atoms with Crippen LogP contribution in [-0.4, -0.2) is 37.4 Å². The van der Waals surface area contributed by atoms with Gasteiger partial charge < -0.3 is 15.5 Å². The zero-order valence-corrected chi connectivity index (χ0v) is 21.5. The zero-order valence-electron chi connectivity index (χ0n) is 19.9. The van der Waals surface area contributed by atoms with Crippen LogP contribution in [0.15, 0.2) is 47.5 Å². The van der Waals surface area contributed by atoms with Gasteiger partial charge in [-0.15, -0.1) is 0 Å². The van der Waals surface area contributed by atoms with Crippen molar-refractivity contribution in [3.05, 3.63) is 58.7 Å². The predicted octanol–water partition coefficient (Wildman–Crippen LogP) is 4.52. The van der Waals surface area contributed by atoms with Gasteiger partial charge in [0.1, 0.15) is 5.02 Å². The Bertz CT molecular complexity index is 1390. The molecule has 4 rings (SSSR count). The molecular formula is C24H27ClN6O3S. The summed E-state index contributed by atoms with van der Waals surface area (Å²) in [5, 5.41) is 6.59. The first-order chi connectivity index (χ1) is 16.5. The van der Waals surface area contributed by atoms with Crippen molar-refractivity contribution < 1.29 is 13.2 Å². The number of fused-ring (bicyclic) bond motifs is 1. The molecule has 184 valence electrons. The second kappa shape index (κ2) is 9.80. The van der Waals surface area contributed by atoms with Gasteiger partial charge in [0.05, 0.1) is 11.1 Å².